The summed E-state index contributed by atoms with van der Waals surface area (Å²) in [7, 11) is 5.22. The molecule has 8 heteroatoms. The molecule has 1 saturated heterocycles. The van der Waals surface area contributed by atoms with Gasteiger partial charge in [0.1, 0.15) is 11.5 Å². The van der Waals surface area contributed by atoms with Gasteiger partial charge >= 0.3 is 0 Å². The van der Waals surface area contributed by atoms with Crippen LogP contribution in [0.15, 0.2) is 53.5 Å². The molecule has 1 aliphatic rings. The maximum absolute atomic E-state index is 5.79. The van der Waals surface area contributed by atoms with Gasteiger partial charge in [0.2, 0.25) is 0 Å². The minimum atomic E-state index is 0. The van der Waals surface area contributed by atoms with E-state index in [4.69, 9.17) is 14.2 Å². The van der Waals surface area contributed by atoms with E-state index in [2.05, 4.69) is 44.8 Å². The highest BCUT2D eigenvalue weighted by atomic mass is 127. The minimum Gasteiger partial charge on any atom is -0.495 e. The van der Waals surface area contributed by atoms with E-state index in [0.717, 1.165) is 54.6 Å². The van der Waals surface area contributed by atoms with Gasteiger partial charge in [-0.05, 0) is 36.2 Å². The number of benzene rings is 2. The van der Waals surface area contributed by atoms with Crippen LogP contribution in [0.25, 0.3) is 0 Å². The molecule has 7 nitrogen and oxygen atoms in total. The van der Waals surface area contributed by atoms with Crippen LogP contribution < -0.4 is 25.0 Å². The zero-order valence-corrected chi connectivity index (χ0v) is 21.5. The average molecular weight is 554 g/mol. The summed E-state index contributed by atoms with van der Waals surface area (Å²) in [5.41, 5.74) is 2.29. The number of guanidine groups is 1. The largest absolute Gasteiger partial charge is 0.495 e. The molecule has 3 rings (SSSR count). The van der Waals surface area contributed by atoms with Gasteiger partial charge in [0.15, 0.2) is 5.96 Å². The fourth-order valence-corrected chi connectivity index (χ4v) is 3.70. The van der Waals surface area contributed by atoms with E-state index in [1.165, 1.54) is 0 Å². The van der Waals surface area contributed by atoms with E-state index < -0.39 is 0 Å². The van der Waals surface area contributed by atoms with Crippen molar-refractivity contribution >= 4 is 35.6 Å². The molecule has 1 heterocycles. The van der Waals surface area contributed by atoms with E-state index in [1.807, 2.05) is 24.3 Å². The Morgan fingerprint density at radius 1 is 1.12 bits per heavy atom. The molecule has 2 N–H and O–H groups in total. The van der Waals surface area contributed by atoms with Crippen molar-refractivity contribution in [2.75, 3.05) is 52.5 Å². The highest BCUT2D eigenvalue weighted by Crippen LogP contribution is 2.30. The second-order valence-electron chi connectivity index (χ2n) is 7.52. The van der Waals surface area contributed by atoms with Gasteiger partial charge in [-0.3, -0.25) is 4.99 Å². The van der Waals surface area contributed by atoms with E-state index in [1.54, 1.807) is 21.3 Å². The van der Waals surface area contributed by atoms with Crippen molar-refractivity contribution in [3.8, 4) is 11.5 Å². The van der Waals surface area contributed by atoms with Crippen LogP contribution in [-0.2, 0) is 11.3 Å². The SMILES string of the molecule is CN=C(NCc1cccc(OCCCOC)c1)NC1CCN(c2ccccc2OC)C1.I. The number of nitrogens with one attached hydrogen (secondary N) is 2. The third-order valence-electron chi connectivity index (χ3n) is 5.30. The van der Waals surface area contributed by atoms with Crippen molar-refractivity contribution in [3.05, 3.63) is 54.1 Å². The van der Waals surface area contributed by atoms with Gasteiger partial charge in [0.05, 0.1) is 19.4 Å². The van der Waals surface area contributed by atoms with Crippen molar-refractivity contribution in [2.24, 2.45) is 4.99 Å². The number of rotatable bonds is 10. The molecule has 2 aromatic carbocycles. The number of nitrogens with zero attached hydrogens (tertiary/aromatic N) is 2. The molecule has 0 bridgehead atoms. The zero-order valence-electron chi connectivity index (χ0n) is 19.2. The summed E-state index contributed by atoms with van der Waals surface area (Å²) < 4.78 is 16.4. The molecule has 0 saturated carbocycles. The van der Waals surface area contributed by atoms with E-state index in [-0.39, 0.29) is 24.0 Å². The summed E-state index contributed by atoms with van der Waals surface area (Å²) >= 11 is 0. The third kappa shape index (κ3) is 7.74. The van der Waals surface area contributed by atoms with Crippen LogP contribution in [0.4, 0.5) is 5.69 Å². The van der Waals surface area contributed by atoms with Gasteiger partial charge in [-0.2, -0.15) is 0 Å². The summed E-state index contributed by atoms with van der Waals surface area (Å²) in [6, 6.07) is 16.6. The Hall–Kier alpha value is -2.20. The molecule has 32 heavy (non-hydrogen) atoms. The van der Waals surface area contributed by atoms with Crippen molar-refractivity contribution in [3.63, 3.8) is 0 Å². The monoisotopic (exact) mass is 554 g/mol. The lowest BCUT2D eigenvalue weighted by Crippen LogP contribution is -2.44. The molecule has 0 amide bonds. The predicted octanol–water partition coefficient (Wildman–Crippen LogP) is 3.67. The lowest BCUT2D eigenvalue weighted by Gasteiger charge is -2.22. The fraction of sp³-hybridized carbons (Fsp3) is 0.458. The molecule has 1 unspecified atom stereocenters. The molecule has 2 aromatic rings. The van der Waals surface area contributed by atoms with Crippen LogP contribution in [-0.4, -0.2) is 59.6 Å². The van der Waals surface area contributed by atoms with Crippen LogP contribution in [0.5, 0.6) is 11.5 Å². The average Bonchev–Trinajstić information content (AvgIpc) is 3.28. The van der Waals surface area contributed by atoms with Crippen molar-refractivity contribution < 1.29 is 14.2 Å². The van der Waals surface area contributed by atoms with E-state index in [0.29, 0.717) is 25.8 Å². The Labute approximate surface area is 208 Å². The van der Waals surface area contributed by atoms with Crippen molar-refractivity contribution in [1.29, 1.82) is 0 Å². The van der Waals surface area contributed by atoms with Gasteiger partial charge in [0, 0.05) is 52.9 Å². The quantitative estimate of drug-likeness (QED) is 0.202. The van der Waals surface area contributed by atoms with Gasteiger partial charge in [-0.1, -0.05) is 24.3 Å². The van der Waals surface area contributed by atoms with Crippen molar-refractivity contribution in [2.45, 2.75) is 25.4 Å². The van der Waals surface area contributed by atoms with E-state index in [9.17, 15) is 0 Å². The van der Waals surface area contributed by atoms with Crippen LogP contribution in [0.1, 0.15) is 18.4 Å². The van der Waals surface area contributed by atoms with Crippen LogP contribution in [0.3, 0.4) is 0 Å². The second kappa shape index (κ2) is 14.1. The predicted molar refractivity (Wildman–Crippen MR) is 141 cm³/mol. The summed E-state index contributed by atoms with van der Waals surface area (Å²) in [5, 5.41) is 6.96. The molecule has 1 fully saturated rings. The maximum Gasteiger partial charge on any atom is 0.191 e. The lowest BCUT2D eigenvalue weighted by molar-refractivity contribution is 0.172. The Morgan fingerprint density at radius 3 is 2.75 bits per heavy atom. The summed E-state index contributed by atoms with van der Waals surface area (Å²) in [6.45, 7) is 3.93. The molecule has 0 aliphatic carbocycles. The van der Waals surface area contributed by atoms with Gasteiger partial charge in [-0.15, -0.1) is 24.0 Å². The number of para-hydroxylation sites is 2. The van der Waals surface area contributed by atoms with Gasteiger partial charge < -0.3 is 29.7 Å². The third-order valence-corrected chi connectivity index (χ3v) is 5.30. The Kier molecular flexibility index (Phi) is 11.4. The fourth-order valence-electron chi connectivity index (χ4n) is 3.70. The number of halogens is 1. The molecular formula is C24H35IN4O3. The zero-order chi connectivity index (χ0) is 21.9. The molecule has 1 atom stereocenters. The van der Waals surface area contributed by atoms with Crippen LogP contribution in [0.2, 0.25) is 0 Å². The first-order valence-corrected chi connectivity index (χ1v) is 10.8. The number of anilines is 1. The number of ether oxygens (including phenoxy) is 3. The first-order chi connectivity index (χ1) is 15.2. The van der Waals surface area contributed by atoms with Crippen LogP contribution in [0, 0.1) is 0 Å². The molecular weight excluding hydrogens is 519 g/mol. The van der Waals surface area contributed by atoms with Crippen LogP contribution >= 0.6 is 24.0 Å². The number of hydrogen-bond acceptors (Lipinski definition) is 5. The van der Waals surface area contributed by atoms with E-state index >= 15 is 0 Å². The Balaban J connectivity index is 0.00000363. The number of hydrogen-bond donors (Lipinski definition) is 2. The topological polar surface area (TPSA) is 67.4 Å². The summed E-state index contributed by atoms with van der Waals surface area (Å²) in [6.07, 6.45) is 1.92. The first kappa shape index (κ1) is 26.1. The molecule has 176 valence electrons. The molecule has 0 aromatic heterocycles. The van der Waals surface area contributed by atoms with Crippen molar-refractivity contribution in [1.82, 2.24) is 10.6 Å². The maximum atomic E-state index is 5.79. The summed E-state index contributed by atoms with van der Waals surface area (Å²) in [4.78, 5) is 6.75. The first-order valence-electron chi connectivity index (χ1n) is 10.8. The molecule has 0 radical (unpaired) electrons. The number of aliphatic imine (C=N–C) groups is 1. The second-order valence-corrected chi connectivity index (χ2v) is 7.52. The highest BCUT2D eigenvalue weighted by Gasteiger charge is 2.25. The molecule has 0 spiro atoms. The van der Waals surface area contributed by atoms with Gasteiger partial charge in [0.25, 0.3) is 0 Å². The minimum absolute atomic E-state index is 0. The Morgan fingerprint density at radius 2 is 1.97 bits per heavy atom. The lowest BCUT2D eigenvalue weighted by atomic mass is 10.2. The Bertz CT molecular complexity index is 849. The standard InChI is InChI=1S/C24H34N4O3.HI/c1-25-24(26-17-19-8-6-9-21(16-19)31-15-7-14-29-2)27-20-12-13-28(18-20)22-10-4-5-11-23(22)30-3;/h4-6,8-11,16,20H,7,12-15,17-18H2,1-3H3,(H2,25,26,27);1H. The molecule has 1 aliphatic heterocycles. The smallest absolute Gasteiger partial charge is 0.191 e. The summed E-state index contributed by atoms with van der Waals surface area (Å²) in [5.74, 6) is 2.59. The van der Waals surface area contributed by atoms with Gasteiger partial charge in [-0.25, -0.2) is 0 Å². The highest BCUT2D eigenvalue weighted by molar-refractivity contribution is 14.0. The number of methoxy groups -OCH3 is 2. The normalized spacial score (nSPS) is 15.8.